The van der Waals surface area contributed by atoms with E-state index in [2.05, 4.69) is 17.3 Å². The van der Waals surface area contributed by atoms with Gasteiger partial charge in [-0.1, -0.05) is 0 Å². The number of carbonyl (C=O) groups excluding carboxylic acids is 2. The summed E-state index contributed by atoms with van der Waals surface area (Å²) in [5.41, 5.74) is 3.04. The number of thioether (sulfide) groups is 1. The molecule has 3 atom stereocenters. The Bertz CT molecular complexity index is 671. The van der Waals surface area contributed by atoms with Crippen LogP contribution in [0.3, 0.4) is 0 Å². The van der Waals surface area contributed by atoms with E-state index >= 15 is 0 Å². The van der Waals surface area contributed by atoms with Crippen molar-refractivity contribution in [3.63, 3.8) is 0 Å². The molecule has 2 amide bonds. The molecule has 126 valence electrons. The minimum atomic E-state index is -0.361. The standard InChI is InChI=1S/C16H24N4O2S/c1-9(14-10(2)18-19(5)11(14)3)17-15(22)12-8-23-16(4)7-6-13(21)20(12)16/h9,12H,6-8H2,1-5H3,(H,17,22)/t9-,12+,16-/m0/s1. The Balaban J connectivity index is 1.76. The van der Waals surface area contributed by atoms with Crippen LogP contribution in [-0.2, 0) is 16.6 Å². The summed E-state index contributed by atoms with van der Waals surface area (Å²) in [5, 5.41) is 7.49. The largest absolute Gasteiger partial charge is 0.348 e. The van der Waals surface area contributed by atoms with Gasteiger partial charge in [0.05, 0.1) is 16.6 Å². The Morgan fingerprint density at radius 1 is 1.48 bits per heavy atom. The zero-order valence-electron chi connectivity index (χ0n) is 14.3. The Morgan fingerprint density at radius 2 is 2.17 bits per heavy atom. The molecule has 0 bridgehead atoms. The fourth-order valence-corrected chi connectivity index (χ4v) is 5.24. The Hall–Kier alpha value is -1.50. The monoisotopic (exact) mass is 336 g/mol. The van der Waals surface area contributed by atoms with Crippen molar-refractivity contribution >= 4 is 23.6 Å². The van der Waals surface area contributed by atoms with Gasteiger partial charge in [0.25, 0.3) is 0 Å². The average Bonchev–Trinajstić information content (AvgIpc) is 3.04. The third-order valence-electron chi connectivity index (χ3n) is 5.10. The van der Waals surface area contributed by atoms with E-state index < -0.39 is 0 Å². The summed E-state index contributed by atoms with van der Waals surface area (Å²) in [7, 11) is 1.91. The van der Waals surface area contributed by atoms with E-state index in [9.17, 15) is 9.59 Å². The van der Waals surface area contributed by atoms with Crippen molar-refractivity contribution in [3.05, 3.63) is 17.0 Å². The summed E-state index contributed by atoms with van der Waals surface area (Å²) in [6, 6.07) is -0.481. The quantitative estimate of drug-likeness (QED) is 0.912. The number of carbonyl (C=O) groups is 2. The fraction of sp³-hybridized carbons (Fsp3) is 0.688. The van der Waals surface area contributed by atoms with Crippen molar-refractivity contribution in [1.82, 2.24) is 20.0 Å². The smallest absolute Gasteiger partial charge is 0.244 e. The predicted octanol–water partition coefficient (Wildman–Crippen LogP) is 1.67. The minimum absolute atomic E-state index is 0.0633. The number of fused-ring (bicyclic) bond motifs is 1. The van der Waals surface area contributed by atoms with Crippen LogP contribution in [0.2, 0.25) is 0 Å². The lowest BCUT2D eigenvalue weighted by molar-refractivity contribution is -0.138. The topological polar surface area (TPSA) is 67.2 Å². The van der Waals surface area contributed by atoms with Crippen molar-refractivity contribution in [3.8, 4) is 0 Å². The van der Waals surface area contributed by atoms with Gasteiger partial charge in [-0.15, -0.1) is 11.8 Å². The third kappa shape index (κ3) is 2.55. The Labute approximate surface area is 141 Å². The second kappa shape index (κ2) is 5.54. The van der Waals surface area contributed by atoms with Gasteiger partial charge in [-0.25, -0.2) is 0 Å². The summed E-state index contributed by atoms with van der Waals surface area (Å²) >= 11 is 1.72. The van der Waals surface area contributed by atoms with Crippen LogP contribution in [0.5, 0.6) is 0 Å². The maximum absolute atomic E-state index is 12.7. The predicted molar refractivity (Wildman–Crippen MR) is 90.0 cm³/mol. The van der Waals surface area contributed by atoms with E-state index in [0.29, 0.717) is 12.2 Å². The summed E-state index contributed by atoms with van der Waals surface area (Å²) < 4.78 is 1.83. The molecule has 0 aliphatic carbocycles. The Kier molecular flexibility index (Phi) is 3.94. The molecular formula is C16H24N4O2S. The number of nitrogens with zero attached hydrogens (tertiary/aromatic N) is 3. The normalized spacial score (nSPS) is 28.1. The highest BCUT2D eigenvalue weighted by atomic mass is 32.2. The van der Waals surface area contributed by atoms with Crippen LogP contribution in [-0.4, -0.2) is 43.2 Å². The van der Waals surface area contributed by atoms with Crippen molar-refractivity contribution in [2.24, 2.45) is 7.05 Å². The highest BCUT2D eigenvalue weighted by molar-refractivity contribution is 8.01. The maximum atomic E-state index is 12.7. The first-order valence-electron chi connectivity index (χ1n) is 8.01. The van der Waals surface area contributed by atoms with Crippen LogP contribution in [0.4, 0.5) is 0 Å². The molecule has 2 aliphatic heterocycles. The second-order valence-electron chi connectivity index (χ2n) is 6.70. The summed E-state index contributed by atoms with van der Waals surface area (Å²) in [4.78, 5) is 26.5. The second-order valence-corrected chi connectivity index (χ2v) is 8.21. The number of amides is 2. The highest BCUT2D eigenvalue weighted by Gasteiger charge is 2.53. The lowest BCUT2D eigenvalue weighted by Crippen LogP contribution is -2.50. The summed E-state index contributed by atoms with van der Waals surface area (Å²) in [5.74, 6) is 0.705. The average molecular weight is 336 g/mol. The number of nitrogens with one attached hydrogen (secondary N) is 1. The van der Waals surface area contributed by atoms with Crippen LogP contribution in [0.1, 0.15) is 49.7 Å². The van der Waals surface area contributed by atoms with E-state index in [4.69, 9.17) is 0 Å². The first-order chi connectivity index (χ1) is 10.7. The molecule has 2 fully saturated rings. The molecule has 0 aromatic carbocycles. The van der Waals surface area contributed by atoms with E-state index in [1.54, 1.807) is 16.7 Å². The van der Waals surface area contributed by atoms with Gasteiger partial charge in [0.15, 0.2) is 0 Å². The number of rotatable bonds is 3. The molecule has 0 unspecified atom stereocenters. The van der Waals surface area contributed by atoms with Gasteiger partial charge in [0.2, 0.25) is 11.8 Å². The minimum Gasteiger partial charge on any atom is -0.348 e. The zero-order chi connectivity index (χ0) is 16.9. The van der Waals surface area contributed by atoms with E-state index in [1.165, 1.54) is 0 Å². The summed E-state index contributed by atoms with van der Waals surface area (Å²) in [6.07, 6.45) is 1.38. The molecule has 3 heterocycles. The highest BCUT2D eigenvalue weighted by Crippen LogP contribution is 2.47. The third-order valence-corrected chi connectivity index (χ3v) is 6.61. The number of hydrogen-bond acceptors (Lipinski definition) is 4. The molecule has 0 spiro atoms. The molecule has 1 aromatic heterocycles. The van der Waals surface area contributed by atoms with Crippen LogP contribution < -0.4 is 5.32 Å². The molecule has 0 radical (unpaired) electrons. The molecule has 6 nitrogen and oxygen atoms in total. The fourth-order valence-electron chi connectivity index (χ4n) is 3.81. The molecule has 1 N–H and O–H groups in total. The van der Waals surface area contributed by atoms with E-state index in [1.807, 2.05) is 32.5 Å². The van der Waals surface area contributed by atoms with E-state index in [-0.39, 0.29) is 28.8 Å². The summed E-state index contributed by atoms with van der Waals surface area (Å²) in [6.45, 7) is 8.00. The van der Waals surface area contributed by atoms with Crippen LogP contribution in [0, 0.1) is 13.8 Å². The first-order valence-corrected chi connectivity index (χ1v) is 9.00. The molecule has 1 aromatic rings. The van der Waals surface area contributed by atoms with Gasteiger partial charge in [-0.3, -0.25) is 14.3 Å². The van der Waals surface area contributed by atoms with Crippen molar-refractivity contribution < 1.29 is 9.59 Å². The molecule has 3 rings (SSSR count). The van der Waals surface area contributed by atoms with Crippen molar-refractivity contribution in [1.29, 1.82) is 0 Å². The lowest BCUT2D eigenvalue weighted by atomic mass is 10.1. The van der Waals surface area contributed by atoms with Crippen LogP contribution in [0.15, 0.2) is 0 Å². The van der Waals surface area contributed by atoms with E-state index in [0.717, 1.165) is 23.4 Å². The van der Waals surface area contributed by atoms with Gasteiger partial charge in [0, 0.05) is 30.5 Å². The van der Waals surface area contributed by atoms with Gasteiger partial charge >= 0.3 is 0 Å². The van der Waals surface area contributed by atoms with Crippen LogP contribution in [0.25, 0.3) is 0 Å². The molecule has 23 heavy (non-hydrogen) atoms. The van der Waals surface area contributed by atoms with Crippen molar-refractivity contribution in [2.75, 3.05) is 5.75 Å². The molecule has 7 heteroatoms. The van der Waals surface area contributed by atoms with Crippen LogP contribution >= 0.6 is 11.8 Å². The molecule has 2 aliphatic rings. The van der Waals surface area contributed by atoms with Gasteiger partial charge < -0.3 is 10.2 Å². The number of aryl methyl sites for hydroxylation is 2. The zero-order valence-corrected chi connectivity index (χ0v) is 15.2. The number of hydrogen-bond donors (Lipinski definition) is 1. The lowest BCUT2D eigenvalue weighted by Gasteiger charge is -2.30. The maximum Gasteiger partial charge on any atom is 0.244 e. The first kappa shape index (κ1) is 16.4. The van der Waals surface area contributed by atoms with Gasteiger partial charge in [-0.2, -0.15) is 5.10 Å². The molecule has 2 saturated heterocycles. The van der Waals surface area contributed by atoms with Crippen molar-refractivity contribution in [2.45, 2.75) is 57.5 Å². The SMILES string of the molecule is Cc1nn(C)c(C)c1[C@H](C)NC(=O)[C@H]1CS[C@@]2(C)CCC(=O)N12. The molecular weight excluding hydrogens is 312 g/mol. The van der Waals surface area contributed by atoms with Gasteiger partial charge in [0.1, 0.15) is 6.04 Å². The molecule has 0 saturated carbocycles. The Morgan fingerprint density at radius 3 is 2.78 bits per heavy atom. The number of aromatic nitrogens is 2. The van der Waals surface area contributed by atoms with Gasteiger partial charge in [-0.05, 0) is 34.1 Å².